The van der Waals surface area contributed by atoms with Crippen molar-refractivity contribution < 1.29 is 4.74 Å². The van der Waals surface area contributed by atoms with E-state index in [0.717, 1.165) is 17.9 Å². The van der Waals surface area contributed by atoms with E-state index in [1.54, 1.807) is 0 Å². The van der Waals surface area contributed by atoms with Gasteiger partial charge in [-0.25, -0.2) is 0 Å². The minimum Gasteiger partial charge on any atom is -0.481 e. The molecular formula is C18H21NO. The first-order chi connectivity index (χ1) is 9.67. The van der Waals surface area contributed by atoms with Crippen molar-refractivity contribution in [2.24, 2.45) is 0 Å². The Labute approximate surface area is 120 Å². The number of hydrogen-bond donors (Lipinski definition) is 1. The average Bonchev–Trinajstić information content (AvgIpc) is 2.47. The normalized spacial score (nSPS) is 20.8. The van der Waals surface area contributed by atoms with Crippen LogP contribution in [0.5, 0.6) is 5.75 Å². The van der Waals surface area contributed by atoms with Gasteiger partial charge in [0, 0.05) is 0 Å². The molecule has 20 heavy (non-hydrogen) atoms. The molecule has 0 saturated carbocycles. The maximum Gasteiger partial charge on any atom is 0.144 e. The second-order valence-electron chi connectivity index (χ2n) is 5.57. The Kier molecular flexibility index (Phi) is 3.39. The van der Waals surface area contributed by atoms with E-state index in [4.69, 9.17) is 4.74 Å². The third kappa shape index (κ3) is 2.38. The summed E-state index contributed by atoms with van der Waals surface area (Å²) in [5, 5.41) is 3.57. The van der Waals surface area contributed by atoms with E-state index in [1.165, 1.54) is 16.7 Å². The SMILES string of the molecule is CCc1ccc2c(c1)NC(C)C(c1ccc(C)cc1)O2. The van der Waals surface area contributed by atoms with Gasteiger partial charge in [-0.3, -0.25) is 0 Å². The molecule has 1 aliphatic heterocycles. The summed E-state index contributed by atoms with van der Waals surface area (Å²) in [7, 11) is 0. The molecule has 0 spiro atoms. The number of anilines is 1. The van der Waals surface area contributed by atoms with Crippen LogP contribution in [0.4, 0.5) is 5.69 Å². The summed E-state index contributed by atoms with van der Waals surface area (Å²) in [6.45, 7) is 6.45. The number of nitrogens with one attached hydrogen (secondary N) is 1. The van der Waals surface area contributed by atoms with Gasteiger partial charge in [0.15, 0.2) is 0 Å². The standard InChI is InChI=1S/C18H21NO/c1-4-14-7-10-17-16(11-14)19-13(3)18(20-17)15-8-5-12(2)6-9-15/h5-11,13,18-19H,4H2,1-3H3. The van der Waals surface area contributed by atoms with Gasteiger partial charge in [-0.15, -0.1) is 0 Å². The molecule has 0 radical (unpaired) electrons. The molecule has 1 N–H and O–H groups in total. The van der Waals surface area contributed by atoms with E-state index in [2.05, 4.69) is 68.6 Å². The molecule has 0 aromatic heterocycles. The first kappa shape index (κ1) is 13.0. The van der Waals surface area contributed by atoms with E-state index in [1.807, 2.05) is 0 Å². The van der Waals surface area contributed by atoms with Gasteiger partial charge in [-0.05, 0) is 43.5 Å². The van der Waals surface area contributed by atoms with Gasteiger partial charge in [-0.1, -0.05) is 42.8 Å². The van der Waals surface area contributed by atoms with E-state index < -0.39 is 0 Å². The van der Waals surface area contributed by atoms with Crippen molar-refractivity contribution in [3.05, 3.63) is 59.2 Å². The van der Waals surface area contributed by atoms with Gasteiger partial charge in [0.2, 0.25) is 0 Å². The molecule has 2 heteroatoms. The maximum absolute atomic E-state index is 6.21. The van der Waals surface area contributed by atoms with Crippen LogP contribution in [0.2, 0.25) is 0 Å². The van der Waals surface area contributed by atoms with Crippen LogP contribution in [0, 0.1) is 6.92 Å². The largest absolute Gasteiger partial charge is 0.481 e. The quantitative estimate of drug-likeness (QED) is 0.865. The lowest BCUT2D eigenvalue weighted by atomic mass is 9.99. The third-order valence-corrected chi connectivity index (χ3v) is 3.95. The minimum absolute atomic E-state index is 0.0653. The maximum atomic E-state index is 6.21. The summed E-state index contributed by atoms with van der Waals surface area (Å²) >= 11 is 0. The monoisotopic (exact) mass is 267 g/mol. The summed E-state index contributed by atoms with van der Waals surface area (Å²) in [5.74, 6) is 0.950. The molecule has 104 valence electrons. The Morgan fingerprint density at radius 1 is 1.10 bits per heavy atom. The first-order valence-electron chi connectivity index (χ1n) is 7.30. The number of benzene rings is 2. The summed E-state index contributed by atoms with van der Waals surface area (Å²) in [6.07, 6.45) is 1.11. The topological polar surface area (TPSA) is 21.3 Å². The molecule has 0 amide bonds. The van der Waals surface area contributed by atoms with Crippen LogP contribution in [-0.4, -0.2) is 6.04 Å². The summed E-state index contributed by atoms with van der Waals surface area (Å²) in [5.41, 5.74) is 4.94. The van der Waals surface area contributed by atoms with Crippen molar-refractivity contribution in [2.75, 3.05) is 5.32 Å². The number of ether oxygens (including phenoxy) is 1. The van der Waals surface area contributed by atoms with Gasteiger partial charge < -0.3 is 10.1 Å². The molecule has 0 saturated heterocycles. The van der Waals surface area contributed by atoms with Crippen molar-refractivity contribution >= 4 is 5.69 Å². The number of aryl methyl sites for hydroxylation is 2. The van der Waals surface area contributed by atoms with Gasteiger partial charge in [0.1, 0.15) is 11.9 Å². The van der Waals surface area contributed by atoms with Crippen molar-refractivity contribution in [3.63, 3.8) is 0 Å². The van der Waals surface area contributed by atoms with E-state index in [-0.39, 0.29) is 12.1 Å². The van der Waals surface area contributed by atoms with Gasteiger partial charge >= 0.3 is 0 Å². The zero-order valence-corrected chi connectivity index (χ0v) is 12.3. The Hall–Kier alpha value is -1.96. The van der Waals surface area contributed by atoms with Gasteiger partial charge in [-0.2, -0.15) is 0 Å². The van der Waals surface area contributed by atoms with Crippen LogP contribution >= 0.6 is 0 Å². The molecule has 2 atom stereocenters. The highest BCUT2D eigenvalue weighted by Crippen LogP contribution is 2.37. The fraction of sp³-hybridized carbons (Fsp3) is 0.333. The van der Waals surface area contributed by atoms with Crippen LogP contribution in [0.3, 0.4) is 0 Å². The Balaban J connectivity index is 1.90. The van der Waals surface area contributed by atoms with Gasteiger partial charge in [0.25, 0.3) is 0 Å². The summed E-state index contributed by atoms with van der Waals surface area (Å²) < 4.78 is 6.21. The first-order valence-corrected chi connectivity index (χ1v) is 7.30. The Morgan fingerprint density at radius 3 is 2.55 bits per heavy atom. The van der Waals surface area contributed by atoms with Crippen LogP contribution in [-0.2, 0) is 6.42 Å². The molecule has 0 fully saturated rings. The lowest BCUT2D eigenvalue weighted by Crippen LogP contribution is -2.32. The Morgan fingerprint density at radius 2 is 1.85 bits per heavy atom. The van der Waals surface area contributed by atoms with Gasteiger partial charge in [0.05, 0.1) is 11.7 Å². The molecule has 1 heterocycles. The molecule has 2 unspecified atom stereocenters. The molecule has 0 aliphatic carbocycles. The molecule has 3 rings (SSSR count). The highest BCUT2D eigenvalue weighted by atomic mass is 16.5. The van der Waals surface area contributed by atoms with E-state index in [0.29, 0.717) is 0 Å². The highest BCUT2D eigenvalue weighted by molar-refractivity contribution is 5.60. The third-order valence-electron chi connectivity index (χ3n) is 3.95. The summed E-state index contributed by atoms with van der Waals surface area (Å²) in [6, 6.07) is 15.3. The predicted octanol–water partition coefficient (Wildman–Crippen LogP) is 4.49. The molecule has 2 nitrogen and oxygen atoms in total. The fourth-order valence-corrected chi connectivity index (χ4v) is 2.69. The van der Waals surface area contributed by atoms with Crippen molar-refractivity contribution in [2.45, 2.75) is 39.3 Å². The lowest BCUT2D eigenvalue weighted by Gasteiger charge is -2.33. The molecular weight excluding hydrogens is 246 g/mol. The predicted molar refractivity (Wildman–Crippen MR) is 83.5 cm³/mol. The van der Waals surface area contributed by atoms with Crippen LogP contribution in [0.25, 0.3) is 0 Å². The minimum atomic E-state index is 0.0653. The number of fused-ring (bicyclic) bond motifs is 1. The second-order valence-corrected chi connectivity index (χ2v) is 5.57. The van der Waals surface area contributed by atoms with E-state index in [9.17, 15) is 0 Å². The highest BCUT2D eigenvalue weighted by Gasteiger charge is 2.27. The number of hydrogen-bond acceptors (Lipinski definition) is 2. The van der Waals surface area contributed by atoms with Crippen molar-refractivity contribution in [1.82, 2.24) is 0 Å². The van der Waals surface area contributed by atoms with Crippen LogP contribution in [0.15, 0.2) is 42.5 Å². The lowest BCUT2D eigenvalue weighted by molar-refractivity contribution is 0.177. The molecule has 2 aromatic rings. The van der Waals surface area contributed by atoms with Crippen LogP contribution in [0.1, 0.15) is 36.6 Å². The molecule has 2 aromatic carbocycles. The number of rotatable bonds is 2. The van der Waals surface area contributed by atoms with Crippen molar-refractivity contribution in [1.29, 1.82) is 0 Å². The zero-order chi connectivity index (χ0) is 14.1. The molecule has 1 aliphatic rings. The van der Waals surface area contributed by atoms with Crippen molar-refractivity contribution in [3.8, 4) is 5.75 Å². The zero-order valence-electron chi connectivity index (χ0n) is 12.3. The summed E-state index contributed by atoms with van der Waals surface area (Å²) in [4.78, 5) is 0. The molecule has 0 bridgehead atoms. The fourth-order valence-electron chi connectivity index (χ4n) is 2.69. The van der Waals surface area contributed by atoms with Crippen LogP contribution < -0.4 is 10.1 Å². The second kappa shape index (κ2) is 5.20. The smallest absolute Gasteiger partial charge is 0.144 e. The Bertz CT molecular complexity index is 603. The average molecular weight is 267 g/mol. The van der Waals surface area contributed by atoms with E-state index >= 15 is 0 Å².